The number of thioether (sulfide) groups is 1. The number of aryl methyl sites for hydroxylation is 1. The molecule has 2 aliphatic carbocycles. The Bertz CT molecular complexity index is 1480. The third-order valence-electron chi connectivity index (χ3n) is 9.38. The molecule has 0 radical (unpaired) electrons. The minimum Gasteiger partial charge on any atom is -0.492 e. The predicted octanol–water partition coefficient (Wildman–Crippen LogP) is 7.07. The second-order valence-corrected chi connectivity index (χ2v) is 14.5. The van der Waals surface area contributed by atoms with Crippen molar-refractivity contribution >= 4 is 33.4 Å². The fourth-order valence-electron chi connectivity index (χ4n) is 6.88. The highest BCUT2D eigenvalue weighted by Gasteiger charge is 2.60. The third kappa shape index (κ3) is 5.96. The number of hydrogen-bond donors (Lipinski definition) is 2. The first-order valence-electron chi connectivity index (χ1n) is 15.4. The van der Waals surface area contributed by atoms with Crippen molar-refractivity contribution in [3.8, 4) is 11.5 Å². The summed E-state index contributed by atoms with van der Waals surface area (Å²) in [7, 11) is 0. The predicted molar refractivity (Wildman–Crippen MR) is 175 cm³/mol. The van der Waals surface area contributed by atoms with Gasteiger partial charge in [-0.05, 0) is 70.8 Å². The van der Waals surface area contributed by atoms with E-state index in [1.165, 1.54) is 35.1 Å². The van der Waals surface area contributed by atoms with Gasteiger partial charge >= 0.3 is 0 Å². The van der Waals surface area contributed by atoms with E-state index in [2.05, 4.69) is 70.6 Å². The van der Waals surface area contributed by atoms with E-state index in [4.69, 9.17) is 19.5 Å². The summed E-state index contributed by atoms with van der Waals surface area (Å²) >= 11 is 5.89. The number of benzene rings is 3. The molecule has 2 N–H and O–H groups in total. The molecule has 226 valence electrons. The fourth-order valence-corrected chi connectivity index (χ4v) is 8.96. The number of oxime groups is 1. The Morgan fingerprint density at radius 3 is 2.67 bits per heavy atom. The molecule has 6 nitrogen and oxygen atoms in total. The van der Waals surface area contributed by atoms with Gasteiger partial charge in [0.05, 0.1) is 24.3 Å². The van der Waals surface area contributed by atoms with Gasteiger partial charge in [-0.3, -0.25) is 0 Å². The summed E-state index contributed by atoms with van der Waals surface area (Å²) in [5, 5.41) is 19.0. The molecule has 3 aromatic carbocycles. The molecule has 2 heterocycles. The van der Waals surface area contributed by atoms with Crippen LogP contribution in [0.25, 0.3) is 0 Å². The summed E-state index contributed by atoms with van der Waals surface area (Å²) in [5.41, 5.74) is 6.91. The van der Waals surface area contributed by atoms with Crippen LogP contribution >= 0.6 is 27.7 Å². The minimum atomic E-state index is -0.285. The molecule has 0 saturated heterocycles. The third-order valence-corrected chi connectivity index (χ3v) is 11.6. The van der Waals surface area contributed by atoms with Crippen LogP contribution in [0.1, 0.15) is 59.9 Å². The Morgan fingerprint density at radius 1 is 1.09 bits per heavy atom. The van der Waals surface area contributed by atoms with E-state index >= 15 is 0 Å². The van der Waals surface area contributed by atoms with Gasteiger partial charge in [0.15, 0.2) is 0 Å². The molecule has 2 saturated carbocycles. The van der Waals surface area contributed by atoms with Crippen molar-refractivity contribution in [2.45, 2.75) is 80.7 Å². The zero-order chi connectivity index (χ0) is 29.4. The molecule has 0 aromatic heterocycles. The number of hydrogen-bond acceptors (Lipinski definition) is 7. The molecule has 2 unspecified atom stereocenters. The van der Waals surface area contributed by atoms with Crippen molar-refractivity contribution in [3.63, 3.8) is 0 Å². The van der Waals surface area contributed by atoms with Crippen LogP contribution in [0.2, 0.25) is 0 Å². The van der Waals surface area contributed by atoms with E-state index in [1.807, 2.05) is 30.0 Å². The van der Waals surface area contributed by atoms with E-state index in [-0.39, 0.29) is 29.4 Å². The van der Waals surface area contributed by atoms with Gasteiger partial charge in [-0.25, -0.2) is 0 Å². The maximum Gasteiger partial charge on any atom is 0.142 e. The number of aliphatic hydroxyl groups is 1. The lowest BCUT2D eigenvalue weighted by Gasteiger charge is -2.45. The number of halogens is 1. The monoisotopic (exact) mass is 662 g/mol. The zero-order valence-electron chi connectivity index (χ0n) is 24.6. The van der Waals surface area contributed by atoms with Crippen LogP contribution in [0, 0.1) is 12.8 Å². The molecule has 7 rings (SSSR count). The summed E-state index contributed by atoms with van der Waals surface area (Å²) in [5.74, 6) is 3.30. The van der Waals surface area contributed by atoms with Gasteiger partial charge < -0.3 is 24.7 Å². The largest absolute Gasteiger partial charge is 0.492 e. The lowest BCUT2D eigenvalue weighted by atomic mass is 9.64. The van der Waals surface area contributed by atoms with Crippen LogP contribution in [-0.4, -0.2) is 41.4 Å². The minimum absolute atomic E-state index is 0.0330. The number of aliphatic hydroxyl groups excluding tert-OH is 1. The first-order valence-corrected chi connectivity index (χ1v) is 17.3. The number of nitrogens with one attached hydrogen (secondary N) is 1. The molecular formula is C35H39BrN2O4S. The van der Waals surface area contributed by atoms with E-state index in [9.17, 15) is 5.11 Å². The Kier molecular flexibility index (Phi) is 8.47. The molecule has 2 aliphatic heterocycles. The average Bonchev–Trinajstić information content (AvgIpc) is 3.82. The zero-order valence-corrected chi connectivity index (χ0v) is 27.0. The van der Waals surface area contributed by atoms with Crippen molar-refractivity contribution in [2.75, 3.05) is 13.2 Å². The Balaban J connectivity index is 1.25. The van der Waals surface area contributed by atoms with E-state index in [0.29, 0.717) is 25.5 Å². The van der Waals surface area contributed by atoms with E-state index in [0.717, 1.165) is 52.4 Å². The van der Waals surface area contributed by atoms with Gasteiger partial charge in [-0.2, -0.15) is 11.8 Å². The molecule has 1 spiro atoms. The molecule has 4 aliphatic rings. The van der Waals surface area contributed by atoms with Crippen molar-refractivity contribution in [1.29, 1.82) is 0 Å². The van der Waals surface area contributed by atoms with Crippen LogP contribution < -0.4 is 14.8 Å². The van der Waals surface area contributed by atoms with Gasteiger partial charge in [-0.1, -0.05) is 65.3 Å². The van der Waals surface area contributed by atoms with Crippen molar-refractivity contribution in [2.24, 2.45) is 11.1 Å². The van der Waals surface area contributed by atoms with Gasteiger partial charge in [-0.15, -0.1) is 0 Å². The Labute approximate surface area is 266 Å². The van der Waals surface area contributed by atoms with Crippen molar-refractivity contribution in [1.82, 2.24) is 5.32 Å². The first-order chi connectivity index (χ1) is 21.0. The fraction of sp³-hybridized carbons (Fsp3) is 0.457. The van der Waals surface area contributed by atoms with Crippen molar-refractivity contribution in [3.05, 3.63) is 93.0 Å². The van der Waals surface area contributed by atoms with Crippen LogP contribution in [0.3, 0.4) is 0 Å². The van der Waals surface area contributed by atoms with Gasteiger partial charge in [0.25, 0.3) is 0 Å². The average molecular weight is 664 g/mol. The molecular weight excluding hydrogens is 624 g/mol. The second kappa shape index (κ2) is 12.5. The Morgan fingerprint density at radius 2 is 1.91 bits per heavy atom. The van der Waals surface area contributed by atoms with Crippen LogP contribution in [0.15, 0.2) is 70.3 Å². The van der Waals surface area contributed by atoms with Gasteiger partial charge in [0.2, 0.25) is 0 Å². The molecule has 0 amide bonds. The standard InChI is InChI=1S/C35H39BrN2O4S/c1-22-7-9-25(10-8-22)21-43-31-15-27(38-41-20-23-5-3-2-4-6-23)14-30-35(31)16-28(18-39)37-17-26-13-29(40-19-24-11-12-24)33(36)34(42-30)32(26)35/h2-10,13,24,28,30-31,37,39H,11-12,14-21H2,1H3/b38-27+/t28-,30?,31+,35?/m0/s1. The molecule has 4 atom stereocenters. The summed E-state index contributed by atoms with van der Waals surface area (Å²) < 4.78 is 14.2. The molecule has 8 heteroatoms. The highest BCUT2D eigenvalue weighted by Crippen LogP contribution is 2.61. The van der Waals surface area contributed by atoms with Crippen LogP contribution in [0.4, 0.5) is 0 Å². The summed E-state index contributed by atoms with van der Waals surface area (Å²) in [6, 6.07) is 21.2. The number of nitrogens with zero attached hydrogens (tertiary/aromatic N) is 1. The smallest absolute Gasteiger partial charge is 0.142 e. The number of rotatable bonds is 10. The van der Waals surface area contributed by atoms with Crippen LogP contribution in [-0.2, 0) is 29.2 Å². The highest BCUT2D eigenvalue weighted by molar-refractivity contribution is 9.10. The lowest BCUT2D eigenvalue weighted by molar-refractivity contribution is 0.101. The van der Waals surface area contributed by atoms with Gasteiger partial charge in [0, 0.05) is 42.0 Å². The summed E-state index contributed by atoms with van der Waals surface area (Å²) in [4.78, 5) is 5.92. The maximum absolute atomic E-state index is 10.5. The van der Waals surface area contributed by atoms with Crippen LogP contribution in [0.5, 0.6) is 11.5 Å². The maximum atomic E-state index is 10.5. The first kappa shape index (κ1) is 29.2. The lowest BCUT2D eigenvalue weighted by Crippen LogP contribution is -2.54. The molecule has 43 heavy (non-hydrogen) atoms. The van der Waals surface area contributed by atoms with E-state index < -0.39 is 0 Å². The normalized spacial score (nSPS) is 26.8. The second-order valence-electron chi connectivity index (χ2n) is 12.5. The SMILES string of the molecule is Cc1ccc(CS[C@@H]2C/C(=N/OCc3ccccc3)CC3Oc4c(Br)c(OCC5CC5)cc5c4C32C[C@@H](CO)NC5)cc1. The van der Waals surface area contributed by atoms with Gasteiger partial charge in [0.1, 0.15) is 28.7 Å². The highest BCUT2D eigenvalue weighted by atomic mass is 79.9. The number of ether oxygens (including phenoxy) is 2. The topological polar surface area (TPSA) is 72.3 Å². The Hall–Kier alpha value is -2.52. The molecule has 3 aromatic rings. The molecule has 0 bridgehead atoms. The summed E-state index contributed by atoms with van der Waals surface area (Å²) in [6.07, 6.45) is 4.66. The quantitative estimate of drug-likeness (QED) is 0.226. The summed E-state index contributed by atoms with van der Waals surface area (Å²) in [6.45, 7) is 4.07. The van der Waals surface area contributed by atoms with Crippen molar-refractivity contribution < 1.29 is 19.4 Å². The van der Waals surface area contributed by atoms with E-state index in [1.54, 1.807) is 0 Å². The molecule has 2 fully saturated rings.